The summed E-state index contributed by atoms with van der Waals surface area (Å²) in [4.78, 5) is 56.6. The number of thioether (sulfide) groups is 1. The van der Waals surface area contributed by atoms with E-state index in [-0.39, 0.29) is 35.7 Å². The van der Waals surface area contributed by atoms with Crippen LogP contribution in [0.25, 0.3) is 0 Å². The van der Waals surface area contributed by atoms with Gasteiger partial charge in [0, 0.05) is 11.9 Å². The molecular weight excluding hydrogens is 560 g/mol. The number of carbonyl (C=O) groups is 3. The number of carboxylic acids is 1. The second kappa shape index (κ2) is 14.3. The summed E-state index contributed by atoms with van der Waals surface area (Å²) in [6.45, 7) is 5.73. The number of aryl methyl sites for hydroxylation is 1. The second-order valence-electron chi connectivity index (χ2n) is 10.8. The topological polar surface area (TPSA) is 169 Å². The average molecular weight is 597 g/mol. The lowest BCUT2D eigenvalue weighted by molar-refractivity contribution is -0.140. The molecule has 1 aromatic carbocycles. The largest absolute Gasteiger partial charge is 0.481 e. The Morgan fingerprint density at radius 1 is 1.17 bits per heavy atom. The number of hydrogen-bond donors (Lipinski definition) is 3. The molecule has 12 nitrogen and oxygen atoms in total. The van der Waals surface area contributed by atoms with Gasteiger partial charge in [0.15, 0.2) is 11.6 Å². The van der Waals surface area contributed by atoms with Gasteiger partial charge in [-0.15, -0.1) is 11.8 Å². The number of carbonyl (C=O) groups excluding carboxylic acids is 2. The number of aliphatic carboxylic acids is 1. The first-order chi connectivity index (χ1) is 20.1. The monoisotopic (exact) mass is 596 g/mol. The van der Waals surface area contributed by atoms with E-state index in [1.807, 2.05) is 44.2 Å². The van der Waals surface area contributed by atoms with Crippen molar-refractivity contribution in [3.8, 4) is 0 Å². The summed E-state index contributed by atoms with van der Waals surface area (Å²) in [5.41, 5.74) is 2.22. The Hall–Kier alpha value is -4.00. The van der Waals surface area contributed by atoms with Gasteiger partial charge < -0.3 is 15.7 Å². The number of nitrogens with zero attached hydrogens (tertiary/aromatic N) is 4. The van der Waals surface area contributed by atoms with Gasteiger partial charge in [0.25, 0.3) is 5.56 Å². The Bertz CT molecular complexity index is 1450. The van der Waals surface area contributed by atoms with E-state index in [2.05, 4.69) is 25.9 Å². The summed E-state index contributed by atoms with van der Waals surface area (Å²) in [5.74, 6) is -1.30. The number of benzene rings is 1. The van der Waals surface area contributed by atoms with Crippen LogP contribution in [0.15, 0.2) is 46.0 Å². The predicted octanol–water partition coefficient (Wildman–Crippen LogP) is 3.47. The molecule has 0 bridgehead atoms. The van der Waals surface area contributed by atoms with Crippen molar-refractivity contribution >= 4 is 35.2 Å². The number of rotatable bonds is 16. The molecule has 3 N–H and O–H groups in total. The van der Waals surface area contributed by atoms with Gasteiger partial charge in [-0.3, -0.25) is 23.7 Å². The zero-order valence-corrected chi connectivity index (χ0v) is 24.7. The Morgan fingerprint density at radius 2 is 1.90 bits per heavy atom. The van der Waals surface area contributed by atoms with Crippen LogP contribution in [0, 0.1) is 12.8 Å². The Labute approximate surface area is 247 Å². The molecule has 2 unspecified atom stereocenters. The lowest BCUT2D eigenvalue weighted by Gasteiger charge is -2.24. The molecule has 42 heavy (non-hydrogen) atoms. The molecule has 2 aromatic heterocycles. The first-order valence-corrected chi connectivity index (χ1v) is 15.1. The summed E-state index contributed by atoms with van der Waals surface area (Å²) in [6.07, 6.45) is 3.27. The number of Topliss-reactive ketones (excluding diaryl/α,β-unsaturated/α-hetero) is 1. The Balaban J connectivity index is 1.55. The highest BCUT2D eigenvalue weighted by Crippen LogP contribution is 2.37. The van der Waals surface area contributed by atoms with Crippen LogP contribution in [0.3, 0.4) is 0 Å². The smallest absolute Gasteiger partial charge is 0.305 e. The molecular formula is C29H36N6O6S. The van der Waals surface area contributed by atoms with Crippen LogP contribution < -0.4 is 16.2 Å². The fourth-order valence-electron chi connectivity index (χ4n) is 4.38. The van der Waals surface area contributed by atoms with Gasteiger partial charge in [-0.2, -0.15) is 0 Å². The molecule has 0 spiro atoms. The summed E-state index contributed by atoms with van der Waals surface area (Å²) in [5, 5.41) is 22.8. The normalized spacial score (nSPS) is 14.4. The lowest BCUT2D eigenvalue weighted by Crippen LogP contribution is -2.47. The highest BCUT2D eigenvalue weighted by molar-refractivity contribution is 7.99. The van der Waals surface area contributed by atoms with E-state index in [9.17, 15) is 24.3 Å². The summed E-state index contributed by atoms with van der Waals surface area (Å²) < 4.78 is 6.09. The molecule has 0 saturated heterocycles. The molecule has 1 aliphatic rings. The molecule has 1 aliphatic carbocycles. The zero-order valence-electron chi connectivity index (χ0n) is 23.9. The van der Waals surface area contributed by atoms with E-state index in [0.717, 1.165) is 18.4 Å². The van der Waals surface area contributed by atoms with Crippen molar-refractivity contribution in [2.75, 3.05) is 11.1 Å². The number of ketones is 1. The van der Waals surface area contributed by atoms with Crippen LogP contribution in [0.5, 0.6) is 0 Å². The Morgan fingerprint density at radius 3 is 2.52 bits per heavy atom. The van der Waals surface area contributed by atoms with Crippen LogP contribution in [0.4, 0.5) is 5.82 Å². The fraction of sp³-hybridized carbons (Fsp3) is 0.483. The van der Waals surface area contributed by atoms with E-state index in [4.69, 9.17) is 4.63 Å². The van der Waals surface area contributed by atoms with E-state index < -0.39 is 35.9 Å². The summed E-state index contributed by atoms with van der Waals surface area (Å²) in [7, 11) is 0. The number of amides is 1. The summed E-state index contributed by atoms with van der Waals surface area (Å²) >= 11 is 1.36. The third-order valence-corrected chi connectivity index (χ3v) is 8.07. The van der Waals surface area contributed by atoms with Crippen LogP contribution in [-0.4, -0.2) is 54.4 Å². The predicted molar refractivity (Wildman–Crippen MR) is 157 cm³/mol. The molecule has 224 valence electrons. The third kappa shape index (κ3) is 8.51. The van der Waals surface area contributed by atoms with Crippen molar-refractivity contribution in [2.24, 2.45) is 5.92 Å². The molecule has 1 saturated carbocycles. The second-order valence-corrected chi connectivity index (χ2v) is 11.8. The zero-order chi connectivity index (χ0) is 30.2. The summed E-state index contributed by atoms with van der Waals surface area (Å²) in [6, 6.07) is 7.45. The number of hydrogen-bond acceptors (Lipinski definition) is 10. The van der Waals surface area contributed by atoms with Crippen molar-refractivity contribution in [1.29, 1.82) is 0 Å². The van der Waals surface area contributed by atoms with Gasteiger partial charge in [-0.05, 0) is 30.7 Å². The molecule has 4 rings (SSSR count). The van der Waals surface area contributed by atoms with Gasteiger partial charge in [-0.1, -0.05) is 67.3 Å². The molecule has 1 amide bonds. The number of aromatic nitrogens is 4. The average Bonchev–Trinajstić information content (AvgIpc) is 3.69. The van der Waals surface area contributed by atoms with Crippen molar-refractivity contribution in [3.63, 3.8) is 0 Å². The maximum atomic E-state index is 13.7. The van der Waals surface area contributed by atoms with Crippen molar-refractivity contribution in [2.45, 2.75) is 76.8 Å². The highest BCUT2D eigenvalue weighted by atomic mass is 32.2. The van der Waals surface area contributed by atoms with Gasteiger partial charge >= 0.3 is 5.97 Å². The molecule has 0 aliphatic heterocycles. The van der Waals surface area contributed by atoms with Crippen LogP contribution >= 0.6 is 11.8 Å². The molecule has 0 radical (unpaired) electrons. The molecule has 2 atom stereocenters. The molecule has 2 heterocycles. The third-order valence-electron chi connectivity index (χ3n) is 7.04. The van der Waals surface area contributed by atoms with Gasteiger partial charge in [0.05, 0.1) is 30.5 Å². The van der Waals surface area contributed by atoms with E-state index in [1.165, 1.54) is 16.3 Å². The Kier molecular flexibility index (Phi) is 10.5. The molecule has 13 heteroatoms. The molecule has 1 fully saturated rings. The number of anilines is 1. The van der Waals surface area contributed by atoms with Crippen molar-refractivity contribution in [3.05, 3.63) is 69.5 Å². The van der Waals surface area contributed by atoms with E-state index >= 15 is 0 Å². The van der Waals surface area contributed by atoms with Crippen LogP contribution in [-0.2, 0) is 26.7 Å². The SMILES string of the molecule is Cc1nonc1CNc1nc(C(C)C)cn(C(CC2CC2)C(=O)NC(CC(=O)O)C(=O)CSCc2ccccc2)c1=O. The fourth-order valence-corrected chi connectivity index (χ4v) is 5.31. The van der Waals surface area contributed by atoms with E-state index in [0.29, 0.717) is 29.3 Å². The van der Waals surface area contributed by atoms with Gasteiger partial charge in [0.2, 0.25) is 5.91 Å². The highest BCUT2D eigenvalue weighted by Gasteiger charge is 2.34. The minimum Gasteiger partial charge on any atom is -0.481 e. The minimum atomic E-state index is -1.22. The number of nitrogens with one attached hydrogen (secondary N) is 2. The van der Waals surface area contributed by atoms with Crippen LogP contribution in [0.2, 0.25) is 0 Å². The first kappa shape index (κ1) is 30.9. The standard InChI is InChI=1S/C29H36N6O6S/c1-17(2)23-14-35(29(40)27(31-23)30-13-22-18(3)33-41-34-22)24(11-19-9-10-19)28(39)32-21(12-26(37)38)25(36)16-42-15-20-7-5-4-6-8-20/h4-8,14,17,19,21,24H,9-13,15-16H2,1-3H3,(H,30,31)(H,32,39)(H,37,38). The quantitative estimate of drug-likeness (QED) is 0.221. The first-order valence-electron chi connectivity index (χ1n) is 13.9. The maximum Gasteiger partial charge on any atom is 0.305 e. The molecule has 3 aromatic rings. The van der Waals surface area contributed by atoms with Crippen LogP contribution in [0.1, 0.15) is 74.1 Å². The lowest BCUT2D eigenvalue weighted by atomic mass is 10.1. The van der Waals surface area contributed by atoms with Crippen molar-refractivity contribution < 1.29 is 24.1 Å². The maximum absolute atomic E-state index is 13.7. The number of carboxylic acid groups (broad SMARTS) is 1. The van der Waals surface area contributed by atoms with Crippen molar-refractivity contribution in [1.82, 2.24) is 25.2 Å². The van der Waals surface area contributed by atoms with Gasteiger partial charge in [0.1, 0.15) is 17.4 Å². The minimum absolute atomic E-state index is 0.0392. The van der Waals surface area contributed by atoms with Gasteiger partial charge in [-0.25, -0.2) is 9.61 Å². The van der Waals surface area contributed by atoms with E-state index in [1.54, 1.807) is 13.1 Å².